The maximum Gasteiger partial charge on any atom is 0.289 e. The molecule has 0 saturated heterocycles. The minimum atomic E-state index is -0.472. The number of ether oxygens (including phenoxy) is 1. The van der Waals surface area contributed by atoms with Crippen LogP contribution in [0.1, 0.15) is 16.1 Å². The first kappa shape index (κ1) is 16.4. The van der Waals surface area contributed by atoms with Gasteiger partial charge in [-0.3, -0.25) is 9.89 Å². The standard InChI is InChI=1S/C18H15FN4O2/c1-25-14-8-6-12(7-9-14)16-10-17(22-21-16)18(24)23-20-11-13-4-2-3-5-15(13)19/h2-11H,1H3,(H,21,22)(H,23,24). The molecular formula is C18H15FN4O2. The summed E-state index contributed by atoms with van der Waals surface area (Å²) in [4.78, 5) is 12.1. The lowest BCUT2D eigenvalue weighted by Crippen LogP contribution is -2.18. The molecule has 1 heterocycles. The fourth-order valence-electron chi connectivity index (χ4n) is 2.15. The zero-order valence-corrected chi connectivity index (χ0v) is 13.4. The van der Waals surface area contributed by atoms with Crippen LogP contribution < -0.4 is 10.2 Å². The highest BCUT2D eigenvalue weighted by atomic mass is 19.1. The molecule has 1 amide bonds. The van der Waals surface area contributed by atoms with Crippen molar-refractivity contribution in [1.82, 2.24) is 15.6 Å². The zero-order chi connectivity index (χ0) is 17.6. The SMILES string of the molecule is COc1ccc(-c2cc(C(=O)NN=Cc3ccccc3F)[nH]n2)cc1. The van der Waals surface area contributed by atoms with Gasteiger partial charge in [0.2, 0.25) is 0 Å². The summed E-state index contributed by atoms with van der Waals surface area (Å²) in [6, 6.07) is 15.0. The minimum Gasteiger partial charge on any atom is -0.497 e. The Kier molecular flexibility index (Phi) is 4.84. The second-order valence-corrected chi connectivity index (χ2v) is 5.12. The average Bonchev–Trinajstić information content (AvgIpc) is 3.13. The van der Waals surface area contributed by atoms with Gasteiger partial charge in [0, 0.05) is 11.1 Å². The lowest BCUT2D eigenvalue weighted by atomic mass is 10.1. The number of hydrogen-bond acceptors (Lipinski definition) is 4. The van der Waals surface area contributed by atoms with E-state index in [-0.39, 0.29) is 11.3 Å². The predicted octanol–water partition coefficient (Wildman–Crippen LogP) is 2.99. The highest BCUT2D eigenvalue weighted by Gasteiger charge is 2.10. The van der Waals surface area contributed by atoms with E-state index in [1.165, 1.54) is 12.3 Å². The fraction of sp³-hybridized carbons (Fsp3) is 0.0556. The Morgan fingerprint density at radius 2 is 2.00 bits per heavy atom. The van der Waals surface area contributed by atoms with Gasteiger partial charge in [0.05, 0.1) is 19.0 Å². The molecule has 0 bridgehead atoms. The Hall–Kier alpha value is -3.48. The van der Waals surface area contributed by atoms with Crippen molar-refractivity contribution < 1.29 is 13.9 Å². The molecule has 2 aromatic carbocycles. The van der Waals surface area contributed by atoms with Crippen LogP contribution in [0.5, 0.6) is 5.75 Å². The Balaban J connectivity index is 1.67. The molecule has 3 rings (SSSR count). The molecule has 0 atom stereocenters. The number of halogens is 1. The van der Waals surface area contributed by atoms with Crippen LogP contribution in [0.4, 0.5) is 4.39 Å². The summed E-state index contributed by atoms with van der Waals surface area (Å²) in [5, 5.41) is 10.5. The molecule has 126 valence electrons. The summed E-state index contributed by atoms with van der Waals surface area (Å²) in [6.07, 6.45) is 1.24. The first-order chi connectivity index (χ1) is 12.2. The number of rotatable bonds is 5. The largest absolute Gasteiger partial charge is 0.497 e. The number of aromatic nitrogens is 2. The summed E-state index contributed by atoms with van der Waals surface area (Å²) in [6.45, 7) is 0. The summed E-state index contributed by atoms with van der Waals surface area (Å²) in [5.41, 5.74) is 4.32. The van der Waals surface area contributed by atoms with Crippen LogP contribution in [0.15, 0.2) is 59.7 Å². The molecule has 0 spiro atoms. The van der Waals surface area contributed by atoms with E-state index in [1.807, 2.05) is 24.3 Å². The predicted molar refractivity (Wildman–Crippen MR) is 92.0 cm³/mol. The van der Waals surface area contributed by atoms with Gasteiger partial charge in [0.1, 0.15) is 17.3 Å². The Labute approximate surface area is 143 Å². The van der Waals surface area contributed by atoms with Crippen molar-refractivity contribution in [1.29, 1.82) is 0 Å². The van der Waals surface area contributed by atoms with Crippen molar-refractivity contribution in [2.45, 2.75) is 0 Å². The molecule has 7 heteroatoms. The van der Waals surface area contributed by atoms with Gasteiger partial charge < -0.3 is 4.74 Å². The number of benzene rings is 2. The van der Waals surface area contributed by atoms with Crippen LogP contribution in [-0.4, -0.2) is 29.4 Å². The lowest BCUT2D eigenvalue weighted by Gasteiger charge is -2.00. The number of aromatic amines is 1. The molecule has 0 aliphatic rings. The third-order valence-corrected chi connectivity index (χ3v) is 3.48. The highest BCUT2D eigenvalue weighted by Crippen LogP contribution is 2.21. The van der Waals surface area contributed by atoms with Gasteiger partial charge in [-0.25, -0.2) is 9.82 Å². The van der Waals surface area contributed by atoms with Crippen molar-refractivity contribution in [2.75, 3.05) is 7.11 Å². The van der Waals surface area contributed by atoms with Crippen LogP contribution in [0.2, 0.25) is 0 Å². The maximum atomic E-state index is 13.5. The van der Waals surface area contributed by atoms with E-state index in [1.54, 1.807) is 31.4 Å². The molecule has 0 unspecified atom stereocenters. The fourth-order valence-corrected chi connectivity index (χ4v) is 2.15. The molecule has 2 N–H and O–H groups in total. The van der Waals surface area contributed by atoms with Crippen molar-refractivity contribution in [3.8, 4) is 17.0 Å². The third kappa shape index (κ3) is 3.89. The highest BCUT2D eigenvalue weighted by molar-refractivity contribution is 5.94. The molecule has 6 nitrogen and oxygen atoms in total. The third-order valence-electron chi connectivity index (χ3n) is 3.48. The molecule has 0 aliphatic carbocycles. The number of carbonyl (C=O) groups excluding carboxylic acids is 1. The van der Waals surface area contributed by atoms with Gasteiger partial charge in [-0.05, 0) is 36.4 Å². The van der Waals surface area contributed by atoms with E-state index < -0.39 is 11.7 Å². The molecule has 25 heavy (non-hydrogen) atoms. The number of carbonyl (C=O) groups is 1. The number of hydrazone groups is 1. The number of H-pyrrole nitrogens is 1. The zero-order valence-electron chi connectivity index (χ0n) is 13.4. The number of hydrogen-bond donors (Lipinski definition) is 2. The number of methoxy groups -OCH3 is 1. The van der Waals surface area contributed by atoms with Crippen LogP contribution in [0.3, 0.4) is 0 Å². The van der Waals surface area contributed by atoms with Crippen molar-refractivity contribution in [3.05, 3.63) is 71.7 Å². The van der Waals surface area contributed by atoms with Gasteiger partial charge in [0.25, 0.3) is 5.91 Å². The second kappa shape index (κ2) is 7.39. The summed E-state index contributed by atoms with van der Waals surface area (Å²) >= 11 is 0. The van der Waals surface area contributed by atoms with E-state index in [9.17, 15) is 9.18 Å². The first-order valence-corrected chi connectivity index (χ1v) is 7.45. The van der Waals surface area contributed by atoms with Crippen molar-refractivity contribution in [3.63, 3.8) is 0 Å². The quantitative estimate of drug-likeness (QED) is 0.554. The minimum absolute atomic E-state index is 0.247. The lowest BCUT2D eigenvalue weighted by molar-refractivity contribution is 0.0950. The Morgan fingerprint density at radius 1 is 1.24 bits per heavy atom. The van der Waals surface area contributed by atoms with Gasteiger partial charge in [-0.2, -0.15) is 10.2 Å². The van der Waals surface area contributed by atoms with Crippen LogP contribution in [0, 0.1) is 5.82 Å². The van der Waals surface area contributed by atoms with Gasteiger partial charge in [-0.1, -0.05) is 18.2 Å². The van der Waals surface area contributed by atoms with Gasteiger partial charge >= 0.3 is 0 Å². The smallest absolute Gasteiger partial charge is 0.289 e. The normalized spacial score (nSPS) is 10.8. The molecule has 0 saturated carbocycles. The molecule has 0 radical (unpaired) electrons. The van der Waals surface area contributed by atoms with E-state index >= 15 is 0 Å². The van der Waals surface area contributed by atoms with Crippen LogP contribution >= 0.6 is 0 Å². The number of nitrogens with zero attached hydrogens (tertiary/aromatic N) is 2. The van der Waals surface area contributed by atoms with Crippen molar-refractivity contribution in [2.24, 2.45) is 5.10 Å². The van der Waals surface area contributed by atoms with E-state index in [0.29, 0.717) is 5.69 Å². The van der Waals surface area contributed by atoms with Crippen LogP contribution in [0.25, 0.3) is 11.3 Å². The number of amides is 1. The number of nitrogens with one attached hydrogen (secondary N) is 2. The van der Waals surface area contributed by atoms with Crippen molar-refractivity contribution >= 4 is 12.1 Å². The molecule has 0 fully saturated rings. The topological polar surface area (TPSA) is 79.4 Å². The Bertz CT molecular complexity index is 903. The molecule has 3 aromatic rings. The molecule has 0 aliphatic heterocycles. The summed E-state index contributed by atoms with van der Waals surface area (Å²) in [5.74, 6) is -0.150. The van der Waals surface area contributed by atoms with Gasteiger partial charge in [-0.15, -0.1) is 0 Å². The maximum absolute atomic E-state index is 13.5. The van der Waals surface area contributed by atoms with E-state index in [0.717, 1.165) is 11.3 Å². The Morgan fingerprint density at radius 3 is 2.72 bits per heavy atom. The summed E-state index contributed by atoms with van der Waals surface area (Å²) in [7, 11) is 1.59. The van der Waals surface area contributed by atoms with Gasteiger partial charge in [0.15, 0.2) is 0 Å². The first-order valence-electron chi connectivity index (χ1n) is 7.45. The molecule has 1 aromatic heterocycles. The average molecular weight is 338 g/mol. The van der Waals surface area contributed by atoms with Crippen LogP contribution in [-0.2, 0) is 0 Å². The van der Waals surface area contributed by atoms with E-state index in [2.05, 4.69) is 20.7 Å². The monoisotopic (exact) mass is 338 g/mol. The van der Waals surface area contributed by atoms with E-state index in [4.69, 9.17) is 4.74 Å². The second-order valence-electron chi connectivity index (χ2n) is 5.12. The summed E-state index contributed by atoms with van der Waals surface area (Å²) < 4.78 is 18.6. The molecular weight excluding hydrogens is 323 g/mol.